The monoisotopic (exact) mass is 420 g/mol. The molecule has 0 spiro atoms. The molecule has 1 N–H and O–H groups in total. The van der Waals surface area contributed by atoms with Gasteiger partial charge in [-0.3, -0.25) is 4.98 Å². The summed E-state index contributed by atoms with van der Waals surface area (Å²) in [5.74, 6) is 1.65. The average Bonchev–Trinajstić information content (AvgIpc) is 3.53. The molecule has 3 aromatic heterocycles. The summed E-state index contributed by atoms with van der Waals surface area (Å²) in [6.07, 6.45) is 8.86. The number of hydrogen-bond donors (Lipinski definition) is 1. The van der Waals surface area contributed by atoms with E-state index in [4.69, 9.17) is 16.6 Å². The van der Waals surface area contributed by atoms with Crippen molar-refractivity contribution in [3.8, 4) is 11.3 Å². The second-order valence-electron chi connectivity index (χ2n) is 8.33. The Morgan fingerprint density at radius 3 is 2.67 bits per heavy atom. The molecule has 1 aliphatic carbocycles. The number of hydrogen-bond acceptors (Lipinski definition) is 6. The van der Waals surface area contributed by atoms with Crippen molar-refractivity contribution >= 4 is 23.4 Å². The van der Waals surface area contributed by atoms with E-state index in [1.54, 1.807) is 6.20 Å². The molecule has 0 unspecified atom stereocenters. The van der Waals surface area contributed by atoms with E-state index in [1.165, 1.54) is 12.8 Å². The fourth-order valence-electron chi connectivity index (χ4n) is 4.12. The molecule has 0 saturated heterocycles. The zero-order chi connectivity index (χ0) is 20.8. The maximum absolute atomic E-state index is 6.51. The minimum Gasteiger partial charge on any atom is -0.351 e. The molecule has 7 heteroatoms. The maximum Gasteiger partial charge on any atom is 0.223 e. The molecule has 30 heavy (non-hydrogen) atoms. The topological polar surface area (TPSA) is 66.8 Å². The van der Waals surface area contributed by atoms with Crippen LogP contribution >= 0.6 is 11.6 Å². The third-order valence-corrected chi connectivity index (χ3v) is 6.22. The van der Waals surface area contributed by atoms with E-state index >= 15 is 0 Å². The molecular formula is C23H25ClN6. The van der Waals surface area contributed by atoms with Gasteiger partial charge in [-0.25, -0.2) is 15.0 Å². The zero-order valence-electron chi connectivity index (χ0n) is 17.5. The van der Waals surface area contributed by atoms with Crippen LogP contribution < -0.4 is 10.2 Å². The van der Waals surface area contributed by atoms with E-state index in [2.05, 4.69) is 51.1 Å². The van der Waals surface area contributed by atoms with Gasteiger partial charge in [-0.05, 0) is 50.8 Å². The van der Waals surface area contributed by atoms with Gasteiger partial charge in [0, 0.05) is 48.7 Å². The van der Waals surface area contributed by atoms with E-state index in [9.17, 15) is 0 Å². The van der Waals surface area contributed by atoms with Gasteiger partial charge < -0.3 is 10.2 Å². The maximum atomic E-state index is 6.51. The van der Waals surface area contributed by atoms with Crippen molar-refractivity contribution in [1.82, 2.24) is 19.9 Å². The number of nitrogens with zero attached hydrogens (tertiary/aromatic N) is 5. The van der Waals surface area contributed by atoms with Crippen LogP contribution in [0, 0.1) is 13.8 Å². The summed E-state index contributed by atoms with van der Waals surface area (Å²) >= 11 is 6.51. The number of nitrogens with one attached hydrogen (secondary N) is 1. The van der Waals surface area contributed by atoms with Crippen LogP contribution in [0.3, 0.4) is 0 Å². The lowest BCUT2D eigenvalue weighted by molar-refractivity contribution is 0.602. The predicted octanol–water partition coefficient (Wildman–Crippen LogP) is 4.90. The van der Waals surface area contributed by atoms with Crippen molar-refractivity contribution in [2.45, 2.75) is 52.1 Å². The quantitative estimate of drug-likeness (QED) is 0.647. The fourth-order valence-corrected chi connectivity index (χ4v) is 4.31. The van der Waals surface area contributed by atoms with Gasteiger partial charge in [-0.15, -0.1) is 0 Å². The number of halogens is 1. The minimum atomic E-state index is 0.136. The van der Waals surface area contributed by atoms with Crippen molar-refractivity contribution in [2.24, 2.45) is 0 Å². The highest BCUT2D eigenvalue weighted by atomic mass is 35.5. The summed E-state index contributed by atoms with van der Waals surface area (Å²) in [5, 5.41) is 4.01. The van der Waals surface area contributed by atoms with Crippen LogP contribution in [-0.4, -0.2) is 32.5 Å². The Labute approximate surface area is 181 Å². The highest BCUT2D eigenvalue weighted by molar-refractivity contribution is 6.33. The summed E-state index contributed by atoms with van der Waals surface area (Å²) in [5.41, 5.74) is 6.34. The third kappa shape index (κ3) is 3.60. The van der Waals surface area contributed by atoms with Gasteiger partial charge in [0.2, 0.25) is 5.95 Å². The second kappa shape index (κ2) is 7.51. The Bertz CT molecular complexity index is 1110. The number of aromatic nitrogens is 4. The van der Waals surface area contributed by atoms with Crippen molar-refractivity contribution in [3.63, 3.8) is 0 Å². The number of aryl methyl sites for hydroxylation is 2. The Morgan fingerprint density at radius 1 is 1.07 bits per heavy atom. The molecule has 0 aromatic carbocycles. The minimum absolute atomic E-state index is 0.136. The smallest absolute Gasteiger partial charge is 0.223 e. The second-order valence-corrected chi connectivity index (χ2v) is 8.74. The molecule has 4 heterocycles. The molecule has 1 aliphatic heterocycles. The van der Waals surface area contributed by atoms with Gasteiger partial charge >= 0.3 is 0 Å². The summed E-state index contributed by atoms with van der Waals surface area (Å²) in [6.45, 7) is 7.14. The van der Waals surface area contributed by atoms with Crippen LogP contribution in [0.25, 0.3) is 11.3 Å². The summed E-state index contributed by atoms with van der Waals surface area (Å²) in [6, 6.07) is 4.87. The lowest BCUT2D eigenvalue weighted by atomic mass is 9.99. The van der Waals surface area contributed by atoms with Crippen LogP contribution in [0.15, 0.2) is 30.7 Å². The van der Waals surface area contributed by atoms with Crippen LogP contribution in [0.4, 0.5) is 11.8 Å². The zero-order valence-corrected chi connectivity index (χ0v) is 18.2. The first-order valence-electron chi connectivity index (χ1n) is 10.5. The van der Waals surface area contributed by atoms with E-state index in [-0.39, 0.29) is 6.04 Å². The van der Waals surface area contributed by atoms with E-state index in [1.807, 2.05) is 19.3 Å². The van der Waals surface area contributed by atoms with Gasteiger partial charge in [0.05, 0.1) is 22.5 Å². The normalized spacial score (nSPS) is 18.3. The van der Waals surface area contributed by atoms with Gasteiger partial charge in [-0.1, -0.05) is 17.7 Å². The summed E-state index contributed by atoms with van der Waals surface area (Å²) in [7, 11) is 0. The number of rotatable bonds is 4. The third-order valence-electron chi connectivity index (χ3n) is 5.92. The van der Waals surface area contributed by atoms with Crippen molar-refractivity contribution < 1.29 is 0 Å². The molecule has 1 atom stereocenters. The molecule has 0 amide bonds. The summed E-state index contributed by atoms with van der Waals surface area (Å²) in [4.78, 5) is 20.9. The van der Waals surface area contributed by atoms with Crippen LogP contribution in [0.5, 0.6) is 0 Å². The van der Waals surface area contributed by atoms with Crippen LogP contribution in [0.1, 0.15) is 48.2 Å². The van der Waals surface area contributed by atoms with Crippen LogP contribution in [-0.2, 0) is 6.42 Å². The number of anilines is 2. The highest BCUT2D eigenvalue weighted by Gasteiger charge is 2.28. The molecule has 5 rings (SSSR count). The van der Waals surface area contributed by atoms with Gasteiger partial charge in [0.15, 0.2) is 0 Å². The van der Waals surface area contributed by atoms with Gasteiger partial charge in [0.25, 0.3) is 0 Å². The fraction of sp³-hybridized carbons (Fsp3) is 0.391. The van der Waals surface area contributed by atoms with E-state index in [0.29, 0.717) is 11.1 Å². The Hall–Kier alpha value is -2.73. The molecule has 3 aromatic rings. The molecule has 1 fully saturated rings. The lowest BCUT2D eigenvalue weighted by Gasteiger charge is -2.35. The van der Waals surface area contributed by atoms with Gasteiger partial charge in [0.1, 0.15) is 5.82 Å². The SMILES string of the molecule is Cc1cnc(-c2cc(N3CCc4nc(NC5CC5)ncc4[C@H]3C)ncc2Cl)c(C)c1. The first kappa shape index (κ1) is 19.2. The molecule has 6 nitrogen and oxygen atoms in total. The first-order valence-corrected chi connectivity index (χ1v) is 10.9. The molecule has 154 valence electrons. The molecule has 0 bridgehead atoms. The lowest BCUT2D eigenvalue weighted by Crippen LogP contribution is -2.35. The van der Waals surface area contributed by atoms with Crippen molar-refractivity contribution in [2.75, 3.05) is 16.8 Å². The van der Waals surface area contributed by atoms with E-state index in [0.717, 1.165) is 58.4 Å². The highest BCUT2D eigenvalue weighted by Crippen LogP contribution is 2.36. The van der Waals surface area contributed by atoms with Crippen molar-refractivity contribution in [1.29, 1.82) is 0 Å². The average molecular weight is 421 g/mol. The van der Waals surface area contributed by atoms with Gasteiger partial charge in [-0.2, -0.15) is 0 Å². The molecule has 2 aliphatic rings. The van der Waals surface area contributed by atoms with Crippen molar-refractivity contribution in [3.05, 3.63) is 58.1 Å². The Balaban J connectivity index is 1.46. The number of fused-ring (bicyclic) bond motifs is 1. The Kier molecular flexibility index (Phi) is 4.82. The molecule has 0 radical (unpaired) electrons. The Morgan fingerprint density at radius 2 is 1.90 bits per heavy atom. The summed E-state index contributed by atoms with van der Waals surface area (Å²) < 4.78 is 0. The van der Waals surface area contributed by atoms with E-state index < -0.39 is 0 Å². The standard InChI is InChI=1S/C23H25ClN6/c1-13-8-14(2)22(26-10-13)17-9-21(25-12-19(17)24)30-7-6-20-18(15(30)3)11-27-23(29-20)28-16-4-5-16/h8-12,15-16H,4-7H2,1-3H3,(H,27,28,29)/t15-/m1/s1. The predicted molar refractivity (Wildman–Crippen MR) is 120 cm³/mol. The van der Waals surface area contributed by atoms with Crippen LogP contribution in [0.2, 0.25) is 5.02 Å². The largest absolute Gasteiger partial charge is 0.351 e. The molecular weight excluding hydrogens is 396 g/mol. The number of pyridine rings is 2. The first-order chi connectivity index (χ1) is 14.5. The molecule has 1 saturated carbocycles.